The van der Waals surface area contributed by atoms with Gasteiger partial charge in [-0.3, -0.25) is 9.69 Å². The Morgan fingerprint density at radius 3 is 2.66 bits per heavy atom. The van der Waals surface area contributed by atoms with Gasteiger partial charge in [0.1, 0.15) is 11.6 Å². The molecular weight excluding hydrogens is 391 g/mol. The van der Waals surface area contributed by atoms with Gasteiger partial charge in [-0.05, 0) is 42.5 Å². The molecular formula is C21H23FN4O2S. The number of fused-ring (bicyclic) bond motifs is 1. The Morgan fingerprint density at radius 2 is 1.93 bits per heavy atom. The highest BCUT2D eigenvalue weighted by Crippen LogP contribution is 2.31. The average molecular weight is 415 g/mol. The second kappa shape index (κ2) is 8.75. The van der Waals surface area contributed by atoms with Crippen LogP contribution in [0.2, 0.25) is 0 Å². The Bertz CT molecular complexity index is 984. The molecule has 0 unspecified atom stereocenters. The normalized spacial score (nSPS) is 14.9. The fourth-order valence-electron chi connectivity index (χ4n) is 3.35. The van der Waals surface area contributed by atoms with Crippen molar-refractivity contribution in [1.82, 2.24) is 15.2 Å². The van der Waals surface area contributed by atoms with Gasteiger partial charge in [0, 0.05) is 44.8 Å². The first-order valence-corrected chi connectivity index (χ1v) is 10.4. The molecule has 0 saturated carbocycles. The van der Waals surface area contributed by atoms with Crippen LogP contribution < -0.4 is 15.0 Å². The molecule has 3 aromatic rings. The quantitative estimate of drug-likeness (QED) is 0.672. The topological polar surface area (TPSA) is 57.7 Å². The molecule has 152 valence electrons. The van der Waals surface area contributed by atoms with Crippen LogP contribution in [0.4, 0.5) is 9.52 Å². The third-order valence-electron chi connectivity index (χ3n) is 5.05. The molecule has 1 aliphatic rings. The van der Waals surface area contributed by atoms with Gasteiger partial charge in [-0.15, -0.1) is 0 Å². The van der Waals surface area contributed by atoms with Crippen LogP contribution in [0, 0.1) is 5.82 Å². The molecule has 1 N–H and O–H groups in total. The van der Waals surface area contributed by atoms with Gasteiger partial charge >= 0.3 is 0 Å². The van der Waals surface area contributed by atoms with E-state index < -0.39 is 0 Å². The van der Waals surface area contributed by atoms with Crippen molar-refractivity contribution in [1.29, 1.82) is 0 Å². The van der Waals surface area contributed by atoms with Crippen LogP contribution in [0.15, 0.2) is 42.5 Å². The molecule has 1 saturated heterocycles. The number of rotatable bonds is 6. The van der Waals surface area contributed by atoms with Crippen LogP contribution >= 0.6 is 11.3 Å². The maximum atomic E-state index is 12.9. The van der Waals surface area contributed by atoms with E-state index in [-0.39, 0.29) is 11.7 Å². The van der Waals surface area contributed by atoms with Crippen LogP contribution in [-0.2, 0) is 0 Å². The molecule has 0 aliphatic carbocycles. The van der Waals surface area contributed by atoms with E-state index in [9.17, 15) is 9.18 Å². The van der Waals surface area contributed by atoms with Gasteiger partial charge in [0.2, 0.25) is 0 Å². The number of carbonyl (C=O) groups is 1. The zero-order valence-electron chi connectivity index (χ0n) is 16.2. The summed E-state index contributed by atoms with van der Waals surface area (Å²) in [5.74, 6) is 0.334. The van der Waals surface area contributed by atoms with Gasteiger partial charge < -0.3 is 15.0 Å². The van der Waals surface area contributed by atoms with E-state index >= 15 is 0 Å². The van der Waals surface area contributed by atoms with Gasteiger partial charge in [-0.1, -0.05) is 11.3 Å². The summed E-state index contributed by atoms with van der Waals surface area (Å²) in [6, 6.07) is 11.5. The van der Waals surface area contributed by atoms with Crippen molar-refractivity contribution >= 4 is 32.6 Å². The van der Waals surface area contributed by atoms with Crippen LogP contribution in [0.1, 0.15) is 10.4 Å². The van der Waals surface area contributed by atoms with Crippen molar-refractivity contribution in [3.05, 3.63) is 53.8 Å². The lowest BCUT2D eigenvalue weighted by atomic mass is 10.2. The first-order valence-electron chi connectivity index (χ1n) is 9.58. The summed E-state index contributed by atoms with van der Waals surface area (Å²) in [5, 5.41) is 3.94. The number of nitrogens with one attached hydrogen (secondary N) is 1. The van der Waals surface area contributed by atoms with Crippen LogP contribution in [-0.4, -0.2) is 62.2 Å². The van der Waals surface area contributed by atoms with Crippen molar-refractivity contribution in [2.75, 3.05) is 51.3 Å². The molecule has 0 bridgehead atoms. The molecule has 1 fully saturated rings. The maximum Gasteiger partial charge on any atom is 0.251 e. The minimum Gasteiger partial charge on any atom is -0.497 e. The SMILES string of the molecule is COc1ccc2nc(N3CCN(CCNC(=O)c4ccc(F)cc4)CC3)sc2c1. The van der Waals surface area contributed by atoms with Crippen LogP contribution in [0.5, 0.6) is 5.75 Å². The Hall–Kier alpha value is -2.71. The fraction of sp³-hybridized carbons (Fsp3) is 0.333. The highest BCUT2D eigenvalue weighted by molar-refractivity contribution is 7.22. The Kier molecular flexibility index (Phi) is 5.92. The van der Waals surface area contributed by atoms with Gasteiger partial charge in [-0.25, -0.2) is 9.37 Å². The molecule has 1 aliphatic heterocycles. The van der Waals surface area contributed by atoms with Crippen molar-refractivity contribution in [2.24, 2.45) is 0 Å². The third kappa shape index (κ3) is 4.65. The molecule has 1 amide bonds. The molecule has 0 spiro atoms. The number of nitrogens with zero attached hydrogens (tertiary/aromatic N) is 3. The molecule has 8 heteroatoms. The number of amides is 1. The van der Waals surface area contributed by atoms with E-state index in [1.807, 2.05) is 18.2 Å². The lowest BCUT2D eigenvalue weighted by Crippen LogP contribution is -2.48. The van der Waals surface area contributed by atoms with E-state index in [2.05, 4.69) is 15.1 Å². The third-order valence-corrected chi connectivity index (χ3v) is 6.13. The van der Waals surface area contributed by atoms with Crippen molar-refractivity contribution in [3.8, 4) is 5.75 Å². The zero-order chi connectivity index (χ0) is 20.2. The first-order chi connectivity index (χ1) is 14.1. The van der Waals surface area contributed by atoms with E-state index in [0.29, 0.717) is 12.1 Å². The molecule has 2 aromatic carbocycles. The number of benzene rings is 2. The van der Waals surface area contributed by atoms with Crippen LogP contribution in [0.3, 0.4) is 0 Å². The second-order valence-corrected chi connectivity index (χ2v) is 7.93. The van der Waals surface area contributed by atoms with Crippen molar-refractivity contribution < 1.29 is 13.9 Å². The predicted octanol–water partition coefficient (Wildman–Crippen LogP) is 3.00. The predicted molar refractivity (Wildman–Crippen MR) is 114 cm³/mol. The summed E-state index contributed by atoms with van der Waals surface area (Å²) in [4.78, 5) is 21.5. The number of aromatic nitrogens is 1. The van der Waals surface area contributed by atoms with Crippen molar-refractivity contribution in [3.63, 3.8) is 0 Å². The highest BCUT2D eigenvalue weighted by atomic mass is 32.1. The Balaban J connectivity index is 1.25. The zero-order valence-corrected chi connectivity index (χ0v) is 17.0. The number of carbonyl (C=O) groups excluding carboxylic acids is 1. The minimum atomic E-state index is -0.341. The van der Waals surface area contributed by atoms with Crippen molar-refractivity contribution in [2.45, 2.75) is 0 Å². The van der Waals surface area contributed by atoms with E-state index in [0.717, 1.165) is 53.8 Å². The molecule has 4 rings (SSSR count). The van der Waals surface area contributed by atoms with Crippen LogP contribution in [0.25, 0.3) is 10.2 Å². The number of methoxy groups -OCH3 is 1. The Labute approximate surface area is 172 Å². The number of hydrogen-bond donors (Lipinski definition) is 1. The minimum absolute atomic E-state index is 0.173. The highest BCUT2D eigenvalue weighted by Gasteiger charge is 2.20. The van der Waals surface area contributed by atoms with E-state index in [1.165, 1.54) is 24.3 Å². The Morgan fingerprint density at radius 1 is 1.17 bits per heavy atom. The van der Waals surface area contributed by atoms with Gasteiger partial charge in [-0.2, -0.15) is 0 Å². The molecule has 0 atom stereocenters. The first kappa shape index (κ1) is 19.6. The number of piperazine rings is 1. The number of halogens is 1. The van der Waals surface area contributed by atoms with E-state index in [4.69, 9.17) is 9.72 Å². The summed E-state index contributed by atoms with van der Waals surface area (Å²) in [5.41, 5.74) is 1.47. The largest absolute Gasteiger partial charge is 0.497 e. The molecule has 6 nitrogen and oxygen atoms in total. The standard InChI is InChI=1S/C21H23FN4O2S/c1-28-17-6-7-18-19(14-17)29-21(24-18)26-12-10-25(11-13-26)9-8-23-20(27)15-2-4-16(22)5-3-15/h2-7,14H,8-13H2,1H3,(H,23,27). The van der Waals surface area contributed by atoms with Gasteiger partial charge in [0.25, 0.3) is 5.91 Å². The molecule has 0 radical (unpaired) electrons. The average Bonchev–Trinajstić information content (AvgIpc) is 3.18. The number of hydrogen-bond acceptors (Lipinski definition) is 6. The summed E-state index contributed by atoms with van der Waals surface area (Å²) in [6.45, 7) is 5.01. The molecule has 1 aromatic heterocycles. The second-order valence-electron chi connectivity index (χ2n) is 6.92. The maximum absolute atomic E-state index is 12.9. The van der Waals surface area contributed by atoms with E-state index in [1.54, 1.807) is 18.4 Å². The summed E-state index contributed by atoms with van der Waals surface area (Å²) in [6.07, 6.45) is 0. The van der Waals surface area contributed by atoms with Gasteiger partial charge in [0.15, 0.2) is 5.13 Å². The lowest BCUT2D eigenvalue weighted by molar-refractivity contribution is 0.0947. The number of ether oxygens (including phenoxy) is 1. The monoisotopic (exact) mass is 414 g/mol. The fourth-order valence-corrected chi connectivity index (χ4v) is 4.39. The lowest BCUT2D eigenvalue weighted by Gasteiger charge is -2.34. The number of thiazole rings is 1. The number of anilines is 1. The van der Waals surface area contributed by atoms with Gasteiger partial charge in [0.05, 0.1) is 17.3 Å². The molecule has 2 heterocycles. The summed E-state index contributed by atoms with van der Waals surface area (Å²) < 4.78 is 19.4. The molecule has 29 heavy (non-hydrogen) atoms. The summed E-state index contributed by atoms with van der Waals surface area (Å²) in [7, 11) is 1.67. The smallest absolute Gasteiger partial charge is 0.251 e. The summed E-state index contributed by atoms with van der Waals surface area (Å²) >= 11 is 1.69.